The lowest BCUT2D eigenvalue weighted by atomic mass is 10.2. The number of hydrogen-bond donors (Lipinski definition) is 2. The number of nitrogens with one attached hydrogen (secondary N) is 1. The van der Waals surface area contributed by atoms with Gasteiger partial charge in [-0.15, -0.1) is 0 Å². The van der Waals surface area contributed by atoms with Crippen molar-refractivity contribution in [2.75, 3.05) is 0 Å². The smallest absolute Gasteiger partial charge is 0.116 e. The summed E-state index contributed by atoms with van der Waals surface area (Å²) in [6.07, 6.45) is 1.94. The average Bonchev–Trinajstić information content (AvgIpc) is 2.46. The maximum absolute atomic E-state index is 9.24. The first-order chi connectivity index (χ1) is 5.81. The molecular formula is C9H8BrNO. The molecule has 1 aromatic heterocycles. The van der Waals surface area contributed by atoms with Gasteiger partial charge in [0.2, 0.25) is 0 Å². The minimum atomic E-state index is 0.310. The van der Waals surface area contributed by atoms with Gasteiger partial charge in [0, 0.05) is 22.4 Å². The third kappa shape index (κ3) is 1.10. The highest BCUT2D eigenvalue weighted by Crippen LogP contribution is 2.24. The largest absolute Gasteiger partial charge is 0.508 e. The van der Waals surface area contributed by atoms with Crippen LogP contribution in [0.4, 0.5) is 0 Å². The molecule has 0 bridgehead atoms. The second-order valence-electron chi connectivity index (χ2n) is 2.68. The molecule has 0 amide bonds. The summed E-state index contributed by atoms with van der Waals surface area (Å²) in [4.78, 5) is 3.13. The number of hydrogen-bond acceptors (Lipinski definition) is 1. The van der Waals surface area contributed by atoms with Crippen molar-refractivity contribution in [1.29, 1.82) is 0 Å². The molecule has 0 unspecified atom stereocenters. The first-order valence-corrected chi connectivity index (χ1v) is 4.78. The van der Waals surface area contributed by atoms with E-state index in [9.17, 15) is 5.11 Å². The van der Waals surface area contributed by atoms with Crippen LogP contribution < -0.4 is 0 Å². The van der Waals surface area contributed by atoms with Crippen LogP contribution in [0.3, 0.4) is 0 Å². The zero-order valence-electron chi connectivity index (χ0n) is 6.34. The number of phenols is 1. The number of alkyl halides is 1. The first-order valence-electron chi connectivity index (χ1n) is 3.66. The summed E-state index contributed by atoms with van der Waals surface area (Å²) in [6.45, 7) is 0. The van der Waals surface area contributed by atoms with Gasteiger partial charge in [-0.25, -0.2) is 0 Å². The molecule has 0 saturated carbocycles. The highest BCUT2D eigenvalue weighted by Gasteiger charge is 2.01. The van der Waals surface area contributed by atoms with Crippen LogP contribution >= 0.6 is 15.9 Å². The molecule has 1 aromatic carbocycles. The minimum Gasteiger partial charge on any atom is -0.508 e. The molecule has 3 heteroatoms. The van der Waals surface area contributed by atoms with E-state index < -0.39 is 0 Å². The molecule has 2 aromatic rings. The summed E-state index contributed by atoms with van der Waals surface area (Å²) in [6, 6.07) is 5.32. The number of fused-ring (bicyclic) bond motifs is 1. The molecule has 2 rings (SSSR count). The Morgan fingerprint density at radius 2 is 2.25 bits per heavy atom. The zero-order chi connectivity index (χ0) is 8.55. The van der Waals surface area contributed by atoms with Crippen LogP contribution in [0.15, 0.2) is 24.4 Å². The summed E-state index contributed by atoms with van der Waals surface area (Å²) in [5.41, 5.74) is 2.23. The lowest BCUT2D eigenvalue weighted by Gasteiger charge is -1.93. The van der Waals surface area contributed by atoms with Crippen molar-refractivity contribution in [2.45, 2.75) is 5.33 Å². The Hall–Kier alpha value is -0.960. The fourth-order valence-corrected chi connectivity index (χ4v) is 1.74. The Labute approximate surface area is 78.3 Å². The van der Waals surface area contributed by atoms with Gasteiger partial charge in [-0.05, 0) is 23.8 Å². The maximum Gasteiger partial charge on any atom is 0.116 e. The van der Waals surface area contributed by atoms with Crippen molar-refractivity contribution in [3.05, 3.63) is 30.0 Å². The Balaban J connectivity index is 2.75. The fraction of sp³-hybridized carbons (Fsp3) is 0.111. The van der Waals surface area contributed by atoms with Crippen molar-refractivity contribution in [2.24, 2.45) is 0 Å². The van der Waals surface area contributed by atoms with Crippen molar-refractivity contribution in [3.63, 3.8) is 0 Å². The van der Waals surface area contributed by atoms with Crippen LogP contribution in [0.25, 0.3) is 10.9 Å². The molecule has 0 aliphatic rings. The number of aromatic hydroxyl groups is 1. The second kappa shape index (κ2) is 2.83. The van der Waals surface area contributed by atoms with E-state index in [0.717, 1.165) is 16.2 Å². The molecule has 0 radical (unpaired) electrons. The molecule has 0 fully saturated rings. The van der Waals surface area contributed by atoms with Gasteiger partial charge in [0.1, 0.15) is 5.75 Å². The van der Waals surface area contributed by atoms with Crippen LogP contribution in [-0.2, 0) is 5.33 Å². The Kier molecular flexibility index (Phi) is 1.81. The van der Waals surface area contributed by atoms with Gasteiger partial charge in [0.05, 0.1) is 0 Å². The van der Waals surface area contributed by atoms with E-state index in [1.54, 1.807) is 12.1 Å². The molecule has 2 N–H and O–H groups in total. The number of H-pyrrole nitrogens is 1. The Bertz CT molecular complexity index is 408. The number of rotatable bonds is 1. The SMILES string of the molecule is Oc1ccc2[nH]cc(CBr)c2c1. The third-order valence-electron chi connectivity index (χ3n) is 1.89. The summed E-state index contributed by atoms with van der Waals surface area (Å²) >= 11 is 3.38. The van der Waals surface area contributed by atoms with Gasteiger partial charge >= 0.3 is 0 Å². The molecule has 2 nitrogen and oxygen atoms in total. The van der Waals surface area contributed by atoms with Crippen LogP contribution in [0, 0.1) is 0 Å². The highest BCUT2D eigenvalue weighted by atomic mass is 79.9. The highest BCUT2D eigenvalue weighted by molar-refractivity contribution is 9.08. The van der Waals surface area contributed by atoms with Gasteiger partial charge in [0.15, 0.2) is 0 Å². The standard InChI is InChI=1S/C9H8BrNO/c10-4-6-5-11-9-2-1-7(12)3-8(6)9/h1-3,5,11-12H,4H2. The van der Waals surface area contributed by atoms with E-state index in [-0.39, 0.29) is 0 Å². The Morgan fingerprint density at radius 1 is 1.42 bits per heavy atom. The monoisotopic (exact) mass is 225 g/mol. The van der Waals surface area contributed by atoms with Gasteiger partial charge < -0.3 is 10.1 Å². The van der Waals surface area contributed by atoms with Gasteiger partial charge in [-0.1, -0.05) is 15.9 Å². The number of aromatic nitrogens is 1. The molecule has 62 valence electrons. The summed E-state index contributed by atoms with van der Waals surface area (Å²) < 4.78 is 0. The topological polar surface area (TPSA) is 36.0 Å². The molecule has 0 aliphatic carbocycles. The molecular weight excluding hydrogens is 218 g/mol. The number of halogens is 1. The molecule has 1 heterocycles. The number of aromatic amines is 1. The van der Waals surface area contributed by atoms with Gasteiger partial charge in [-0.3, -0.25) is 0 Å². The molecule has 0 spiro atoms. The van der Waals surface area contributed by atoms with E-state index >= 15 is 0 Å². The molecule has 0 atom stereocenters. The predicted octanol–water partition coefficient (Wildman–Crippen LogP) is 2.77. The van der Waals surface area contributed by atoms with Crippen molar-refractivity contribution < 1.29 is 5.11 Å². The first kappa shape index (κ1) is 7.68. The van der Waals surface area contributed by atoms with Crippen molar-refractivity contribution in [1.82, 2.24) is 4.98 Å². The van der Waals surface area contributed by atoms with Gasteiger partial charge in [-0.2, -0.15) is 0 Å². The second-order valence-corrected chi connectivity index (χ2v) is 3.24. The third-order valence-corrected chi connectivity index (χ3v) is 2.50. The van der Waals surface area contributed by atoms with E-state index in [2.05, 4.69) is 20.9 Å². The lowest BCUT2D eigenvalue weighted by Crippen LogP contribution is -1.71. The van der Waals surface area contributed by atoms with E-state index in [1.807, 2.05) is 12.3 Å². The summed E-state index contributed by atoms with van der Waals surface area (Å²) in [5.74, 6) is 0.310. The Morgan fingerprint density at radius 3 is 3.00 bits per heavy atom. The quantitative estimate of drug-likeness (QED) is 0.720. The molecule has 12 heavy (non-hydrogen) atoms. The number of phenolic OH excluding ortho intramolecular Hbond substituents is 1. The fourth-order valence-electron chi connectivity index (χ4n) is 1.28. The summed E-state index contributed by atoms with van der Waals surface area (Å²) in [7, 11) is 0. The van der Waals surface area contributed by atoms with E-state index in [4.69, 9.17) is 0 Å². The molecule has 0 saturated heterocycles. The van der Waals surface area contributed by atoms with Crippen molar-refractivity contribution in [3.8, 4) is 5.75 Å². The zero-order valence-corrected chi connectivity index (χ0v) is 7.93. The van der Waals surface area contributed by atoms with E-state index in [0.29, 0.717) is 5.75 Å². The van der Waals surface area contributed by atoms with E-state index in [1.165, 1.54) is 5.56 Å². The van der Waals surface area contributed by atoms with Crippen LogP contribution in [-0.4, -0.2) is 10.1 Å². The van der Waals surface area contributed by atoms with Crippen LogP contribution in [0.2, 0.25) is 0 Å². The number of benzene rings is 1. The minimum absolute atomic E-state index is 0.310. The van der Waals surface area contributed by atoms with Crippen molar-refractivity contribution >= 4 is 26.8 Å². The van der Waals surface area contributed by atoms with Gasteiger partial charge in [0.25, 0.3) is 0 Å². The molecule has 0 aliphatic heterocycles. The maximum atomic E-state index is 9.24. The van der Waals surface area contributed by atoms with Crippen LogP contribution in [0.5, 0.6) is 5.75 Å². The normalized spacial score (nSPS) is 10.8. The predicted molar refractivity (Wildman–Crippen MR) is 52.6 cm³/mol. The van der Waals surface area contributed by atoms with Crippen LogP contribution in [0.1, 0.15) is 5.56 Å². The lowest BCUT2D eigenvalue weighted by molar-refractivity contribution is 0.476. The average molecular weight is 226 g/mol. The summed E-state index contributed by atoms with van der Waals surface area (Å²) in [5, 5.41) is 11.1.